The molecule has 1 aromatic heterocycles. The van der Waals surface area contributed by atoms with Gasteiger partial charge in [0, 0.05) is 21.7 Å². The van der Waals surface area contributed by atoms with Gasteiger partial charge >= 0.3 is 0 Å². The van der Waals surface area contributed by atoms with E-state index in [1.165, 1.54) is 11.3 Å². The predicted octanol–water partition coefficient (Wildman–Crippen LogP) is 3.32. The molecule has 130 valence electrons. The molecule has 0 saturated heterocycles. The van der Waals surface area contributed by atoms with E-state index in [4.69, 9.17) is 5.73 Å². The summed E-state index contributed by atoms with van der Waals surface area (Å²) < 4.78 is 26.9. The zero-order chi connectivity index (χ0) is 17.7. The number of anilines is 2. The van der Waals surface area contributed by atoms with Gasteiger partial charge in [-0.25, -0.2) is 13.4 Å². The van der Waals surface area contributed by atoms with Gasteiger partial charge in [0.15, 0.2) is 5.13 Å². The number of nitrogens with zero attached hydrogens (tertiary/aromatic N) is 1. The number of nitrogens with one attached hydrogen (secondary N) is 2. The first-order valence-corrected chi connectivity index (χ1v) is 10.4. The van der Waals surface area contributed by atoms with E-state index in [1.54, 1.807) is 36.5 Å². The van der Waals surface area contributed by atoms with Gasteiger partial charge in [-0.2, -0.15) is 0 Å². The molecule has 0 aliphatic heterocycles. The highest BCUT2D eigenvalue weighted by atomic mass is 32.3. The lowest BCUT2D eigenvalue weighted by Gasteiger charge is -2.08. The second-order valence-corrected chi connectivity index (χ2v) is 9.01. The smallest absolute Gasteiger partial charge is 0.250 e. The van der Waals surface area contributed by atoms with Crippen molar-refractivity contribution < 1.29 is 8.42 Å². The zero-order valence-corrected chi connectivity index (χ0v) is 15.5. The quantitative estimate of drug-likeness (QED) is 0.534. The highest BCUT2D eigenvalue weighted by Gasteiger charge is 2.13. The van der Waals surface area contributed by atoms with Gasteiger partial charge in [-0.15, -0.1) is 15.5 Å². The summed E-state index contributed by atoms with van der Waals surface area (Å²) in [6.45, 7) is 0.641. The summed E-state index contributed by atoms with van der Waals surface area (Å²) in [6.07, 6.45) is 1.75. The first-order valence-electron chi connectivity index (χ1n) is 7.31. The second kappa shape index (κ2) is 7.87. The molecule has 9 heteroatoms. The third-order valence-electron chi connectivity index (χ3n) is 3.22. The monoisotopic (exact) mass is 392 g/mol. The number of nitrogen functional groups attached to an aromatic ring is 1. The third kappa shape index (κ3) is 4.95. The summed E-state index contributed by atoms with van der Waals surface area (Å²) >= 11 is 2.50. The van der Waals surface area contributed by atoms with E-state index in [2.05, 4.69) is 14.4 Å². The second-order valence-electron chi connectivity index (χ2n) is 5.04. The van der Waals surface area contributed by atoms with Crippen molar-refractivity contribution in [3.05, 3.63) is 65.7 Å². The van der Waals surface area contributed by atoms with Crippen LogP contribution in [0.2, 0.25) is 0 Å². The summed E-state index contributed by atoms with van der Waals surface area (Å²) in [7, 11) is -3.53. The fraction of sp³-hybridized carbons (Fsp3) is 0.0625. The van der Waals surface area contributed by atoms with Crippen LogP contribution in [0.5, 0.6) is 0 Å². The van der Waals surface area contributed by atoms with Crippen molar-refractivity contribution in [3.8, 4) is 0 Å². The van der Waals surface area contributed by atoms with E-state index in [9.17, 15) is 8.42 Å². The molecule has 25 heavy (non-hydrogen) atoms. The van der Waals surface area contributed by atoms with Crippen molar-refractivity contribution >= 4 is 44.1 Å². The van der Waals surface area contributed by atoms with Crippen LogP contribution < -0.4 is 15.2 Å². The Morgan fingerprint density at radius 1 is 1.08 bits per heavy atom. The first-order chi connectivity index (χ1) is 12.0. The molecular formula is C16H16N4O2S3. The van der Waals surface area contributed by atoms with Gasteiger partial charge < -0.3 is 11.1 Å². The number of aromatic nitrogens is 1. The summed E-state index contributed by atoms with van der Waals surface area (Å²) in [5.41, 5.74) is 6.53. The maximum atomic E-state index is 12.2. The van der Waals surface area contributed by atoms with Gasteiger partial charge in [-0.05, 0) is 48.3 Å². The van der Waals surface area contributed by atoms with Crippen LogP contribution in [0.4, 0.5) is 10.8 Å². The minimum Gasteiger partial charge on any atom is -0.380 e. The Morgan fingerprint density at radius 3 is 2.44 bits per heavy atom. The maximum absolute atomic E-state index is 12.2. The minimum absolute atomic E-state index is 0.240. The molecule has 3 rings (SSSR count). The van der Waals surface area contributed by atoms with Crippen LogP contribution in [0.25, 0.3) is 0 Å². The van der Waals surface area contributed by atoms with Gasteiger partial charge in [0.05, 0.1) is 11.4 Å². The van der Waals surface area contributed by atoms with Crippen molar-refractivity contribution in [1.82, 2.24) is 9.11 Å². The Hall–Kier alpha value is -2.07. The average Bonchev–Trinajstić information content (AvgIpc) is 3.05. The molecule has 6 nitrogen and oxygen atoms in total. The SMILES string of the molecule is Nc1ncc(CNc2ccc(SNS(=O)(=O)c3ccccc3)cc2)s1. The largest absolute Gasteiger partial charge is 0.380 e. The van der Waals surface area contributed by atoms with E-state index < -0.39 is 10.0 Å². The van der Waals surface area contributed by atoms with Crippen molar-refractivity contribution in [3.63, 3.8) is 0 Å². The van der Waals surface area contributed by atoms with E-state index >= 15 is 0 Å². The van der Waals surface area contributed by atoms with Crippen molar-refractivity contribution in [2.45, 2.75) is 16.3 Å². The summed E-state index contributed by atoms with van der Waals surface area (Å²) in [5, 5.41) is 3.82. The minimum atomic E-state index is -3.53. The van der Waals surface area contributed by atoms with E-state index in [1.807, 2.05) is 24.3 Å². The Kier molecular flexibility index (Phi) is 5.59. The molecular weight excluding hydrogens is 376 g/mol. The molecule has 0 aliphatic rings. The van der Waals surface area contributed by atoms with Crippen LogP contribution in [-0.4, -0.2) is 13.4 Å². The summed E-state index contributed by atoms with van der Waals surface area (Å²) in [5.74, 6) is 0. The topological polar surface area (TPSA) is 97.1 Å². The Labute approximate surface area is 154 Å². The number of nitrogens with two attached hydrogens (primary N) is 1. The highest BCUT2D eigenvalue weighted by Crippen LogP contribution is 2.22. The van der Waals surface area contributed by atoms with Crippen LogP contribution in [-0.2, 0) is 16.6 Å². The normalized spacial score (nSPS) is 11.4. The fourth-order valence-electron chi connectivity index (χ4n) is 1.99. The van der Waals surface area contributed by atoms with Gasteiger partial charge in [-0.3, -0.25) is 0 Å². The van der Waals surface area contributed by atoms with Crippen molar-refractivity contribution in [1.29, 1.82) is 0 Å². The van der Waals surface area contributed by atoms with Crippen LogP contribution in [0.3, 0.4) is 0 Å². The molecule has 0 spiro atoms. The highest BCUT2D eigenvalue weighted by molar-refractivity contribution is 8.09. The number of thiazole rings is 1. The molecule has 0 unspecified atom stereocenters. The number of benzene rings is 2. The molecule has 4 N–H and O–H groups in total. The lowest BCUT2D eigenvalue weighted by molar-refractivity contribution is 0.594. The van der Waals surface area contributed by atoms with Crippen molar-refractivity contribution in [2.24, 2.45) is 0 Å². The molecule has 0 fully saturated rings. The zero-order valence-electron chi connectivity index (χ0n) is 13.0. The number of hydrogen-bond donors (Lipinski definition) is 3. The number of rotatable bonds is 7. The molecule has 3 aromatic rings. The molecule has 1 heterocycles. The van der Waals surface area contributed by atoms with E-state index in [-0.39, 0.29) is 4.90 Å². The van der Waals surface area contributed by atoms with Gasteiger partial charge in [-0.1, -0.05) is 18.2 Å². The van der Waals surface area contributed by atoms with E-state index in [0.717, 1.165) is 27.4 Å². The van der Waals surface area contributed by atoms with Crippen LogP contribution in [0.1, 0.15) is 4.88 Å². The van der Waals surface area contributed by atoms with Gasteiger partial charge in [0.1, 0.15) is 0 Å². The number of sulfonamides is 1. The molecule has 0 amide bonds. The molecule has 0 saturated carbocycles. The summed E-state index contributed by atoms with van der Waals surface area (Å²) in [4.78, 5) is 6.09. The van der Waals surface area contributed by atoms with Crippen LogP contribution in [0, 0.1) is 0 Å². The molecule has 2 aromatic carbocycles. The molecule has 0 bridgehead atoms. The standard InChI is InChI=1S/C16H16N4O2S3/c17-16-19-11-14(23-16)10-18-12-6-8-13(9-7-12)24-20-25(21,22)15-4-2-1-3-5-15/h1-9,11,18,20H,10H2,(H2,17,19). The Morgan fingerprint density at radius 2 is 1.80 bits per heavy atom. The lowest BCUT2D eigenvalue weighted by Crippen LogP contribution is -2.16. The van der Waals surface area contributed by atoms with Crippen molar-refractivity contribution in [2.75, 3.05) is 11.1 Å². The number of hydrogen-bond acceptors (Lipinski definition) is 7. The first kappa shape index (κ1) is 17.7. The lowest BCUT2D eigenvalue weighted by atomic mass is 10.3. The van der Waals surface area contributed by atoms with Gasteiger partial charge in [0.2, 0.25) is 10.0 Å². The summed E-state index contributed by atoms with van der Waals surface area (Å²) in [6, 6.07) is 15.8. The maximum Gasteiger partial charge on any atom is 0.250 e. The molecule has 0 radical (unpaired) electrons. The Balaban J connectivity index is 1.55. The third-order valence-corrected chi connectivity index (χ3v) is 6.65. The van der Waals surface area contributed by atoms with E-state index in [0.29, 0.717) is 11.7 Å². The fourth-order valence-corrected chi connectivity index (χ4v) is 4.61. The average molecular weight is 393 g/mol. The van der Waals surface area contributed by atoms with Gasteiger partial charge in [0.25, 0.3) is 0 Å². The Bertz CT molecular complexity index is 926. The van der Waals surface area contributed by atoms with Crippen LogP contribution >= 0.6 is 23.3 Å². The molecule has 0 atom stereocenters. The molecule has 0 aliphatic carbocycles. The van der Waals surface area contributed by atoms with Crippen LogP contribution in [0.15, 0.2) is 70.6 Å². The predicted molar refractivity (Wildman–Crippen MR) is 103 cm³/mol.